The summed E-state index contributed by atoms with van der Waals surface area (Å²) in [6.45, 7) is 2.97. The van der Waals surface area contributed by atoms with Gasteiger partial charge in [0.2, 0.25) is 6.79 Å². The smallest absolute Gasteiger partial charge is 0.314 e. The van der Waals surface area contributed by atoms with Crippen molar-refractivity contribution in [2.75, 3.05) is 26.5 Å². The van der Waals surface area contributed by atoms with Crippen LogP contribution in [0.2, 0.25) is 0 Å². The number of nitrogens with zero attached hydrogens (tertiary/aromatic N) is 1. The number of piperidine rings is 1. The third-order valence-electron chi connectivity index (χ3n) is 5.65. The monoisotopic (exact) mass is 413 g/mol. The summed E-state index contributed by atoms with van der Waals surface area (Å²) < 4.78 is 29.4. The lowest BCUT2D eigenvalue weighted by Crippen LogP contribution is -2.51. The van der Waals surface area contributed by atoms with Crippen LogP contribution in [0.4, 0.5) is 4.39 Å². The van der Waals surface area contributed by atoms with Gasteiger partial charge < -0.3 is 19.1 Å². The van der Waals surface area contributed by atoms with Crippen LogP contribution in [0.15, 0.2) is 42.5 Å². The molecule has 1 fully saturated rings. The highest BCUT2D eigenvalue weighted by Crippen LogP contribution is 2.37. The number of carbonyl (C=O) groups excluding carboxylic acids is 2. The van der Waals surface area contributed by atoms with Crippen LogP contribution in [0.5, 0.6) is 11.5 Å². The highest BCUT2D eigenvalue weighted by Gasteiger charge is 2.45. The molecule has 2 heterocycles. The molecule has 0 saturated carbocycles. The molecular formula is C23H24FNO5. The van der Waals surface area contributed by atoms with Crippen LogP contribution in [-0.2, 0) is 16.0 Å². The fourth-order valence-electron chi connectivity index (χ4n) is 4.18. The van der Waals surface area contributed by atoms with E-state index in [1.807, 2.05) is 0 Å². The molecule has 6 nitrogen and oxygen atoms in total. The molecule has 4 rings (SSSR count). The number of hydrogen-bond acceptors (Lipinski definition) is 5. The van der Waals surface area contributed by atoms with Crippen LogP contribution in [0, 0.1) is 11.2 Å². The summed E-state index contributed by atoms with van der Waals surface area (Å²) in [5.74, 6) is 0.341. The Bertz CT molecular complexity index is 945. The van der Waals surface area contributed by atoms with Crippen molar-refractivity contribution in [2.24, 2.45) is 5.41 Å². The summed E-state index contributed by atoms with van der Waals surface area (Å²) in [5.41, 5.74) is 0.459. The van der Waals surface area contributed by atoms with E-state index < -0.39 is 5.41 Å². The van der Waals surface area contributed by atoms with Crippen molar-refractivity contribution in [3.63, 3.8) is 0 Å². The first-order chi connectivity index (χ1) is 14.5. The lowest BCUT2D eigenvalue weighted by atomic mass is 9.75. The van der Waals surface area contributed by atoms with Crippen molar-refractivity contribution in [3.05, 3.63) is 59.4 Å². The van der Waals surface area contributed by atoms with Gasteiger partial charge in [0.1, 0.15) is 5.82 Å². The largest absolute Gasteiger partial charge is 0.466 e. The zero-order valence-corrected chi connectivity index (χ0v) is 16.9. The molecule has 2 aliphatic rings. The van der Waals surface area contributed by atoms with Gasteiger partial charge in [-0.25, -0.2) is 4.39 Å². The first-order valence-corrected chi connectivity index (χ1v) is 10.1. The first-order valence-electron chi connectivity index (χ1n) is 10.1. The van der Waals surface area contributed by atoms with Crippen LogP contribution in [0.3, 0.4) is 0 Å². The standard InChI is InChI=1S/C23H24FNO5/c1-2-28-22(27)23(13-16-4-7-18(24)8-5-16)10-3-11-25(14-23)21(26)17-6-9-19-20(12-17)30-15-29-19/h4-9,12H,2-3,10-11,13-15H2,1H3/t23-/m0/s1. The third-order valence-corrected chi connectivity index (χ3v) is 5.65. The zero-order chi connectivity index (χ0) is 21.1. The number of carbonyl (C=O) groups is 2. The second kappa shape index (κ2) is 8.34. The molecule has 1 amide bonds. The van der Waals surface area contributed by atoms with Gasteiger partial charge in [0.25, 0.3) is 5.91 Å². The molecule has 0 aliphatic carbocycles. The number of ether oxygens (including phenoxy) is 3. The van der Waals surface area contributed by atoms with E-state index in [-0.39, 0.29) is 37.6 Å². The van der Waals surface area contributed by atoms with Gasteiger partial charge in [-0.3, -0.25) is 9.59 Å². The quantitative estimate of drug-likeness (QED) is 0.701. The minimum absolute atomic E-state index is 0.139. The summed E-state index contributed by atoms with van der Waals surface area (Å²) in [4.78, 5) is 27.9. The van der Waals surface area contributed by atoms with Crippen LogP contribution in [0.25, 0.3) is 0 Å². The van der Waals surface area contributed by atoms with E-state index >= 15 is 0 Å². The fraction of sp³-hybridized carbons (Fsp3) is 0.391. The number of fused-ring (bicyclic) bond motifs is 1. The van der Waals surface area contributed by atoms with E-state index in [4.69, 9.17) is 14.2 Å². The maximum Gasteiger partial charge on any atom is 0.314 e. The van der Waals surface area contributed by atoms with Gasteiger partial charge in [0.15, 0.2) is 11.5 Å². The summed E-state index contributed by atoms with van der Waals surface area (Å²) in [6.07, 6.45) is 1.67. The van der Waals surface area contributed by atoms with Gasteiger partial charge >= 0.3 is 5.97 Å². The minimum Gasteiger partial charge on any atom is -0.466 e. The summed E-state index contributed by atoms with van der Waals surface area (Å²) in [5, 5.41) is 0. The van der Waals surface area contributed by atoms with Crippen LogP contribution in [0.1, 0.15) is 35.7 Å². The Morgan fingerprint density at radius 3 is 2.67 bits per heavy atom. The molecule has 0 spiro atoms. The van der Waals surface area contributed by atoms with Crippen molar-refractivity contribution < 1.29 is 28.2 Å². The molecule has 0 unspecified atom stereocenters. The number of amides is 1. The van der Waals surface area contributed by atoms with E-state index in [9.17, 15) is 14.0 Å². The number of halogens is 1. The second-order valence-electron chi connectivity index (χ2n) is 7.70. The lowest BCUT2D eigenvalue weighted by Gasteiger charge is -2.41. The van der Waals surface area contributed by atoms with Crippen LogP contribution >= 0.6 is 0 Å². The van der Waals surface area contributed by atoms with Gasteiger partial charge in [-0.2, -0.15) is 0 Å². The molecular weight excluding hydrogens is 389 g/mol. The zero-order valence-electron chi connectivity index (χ0n) is 16.9. The van der Waals surface area contributed by atoms with Crippen LogP contribution < -0.4 is 9.47 Å². The molecule has 0 N–H and O–H groups in total. The molecule has 2 aromatic rings. The highest BCUT2D eigenvalue weighted by molar-refractivity contribution is 5.95. The second-order valence-corrected chi connectivity index (χ2v) is 7.70. The third kappa shape index (κ3) is 3.97. The predicted molar refractivity (Wildman–Crippen MR) is 107 cm³/mol. The van der Waals surface area contributed by atoms with E-state index in [0.29, 0.717) is 42.9 Å². The number of hydrogen-bond donors (Lipinski definition) is 0. The molecule has 158 valence electrons. The summed E-state index contributed by atoms with van der Waals surface area (Å²) in [7, 11) is 0. The maximum absolute atomic E-state index is 13.3. The Balaban J connectivity index is 1.59. The molecule has 1 atom stereocenters. The number of benzene rings is 2. The van der Waals surface area contributed by atoms with Gasteiger partial charge in [-0.1, -0.05) is 12.1 Å². The average molecular weight is 413 g/mol. The molecule has 2 aliphatic heterocycles. The van der Waals surface area contributed by atoms with E-state index in [2.05, 4.69) is 0 Å². The molecule has 0 aromatic heterocycles. The van der Waals surface area contributed by atoms with Gasteiger partial charge in [0, 0.05) is 18.7 Å². The lowest BCUT2D eigenvalue weighted by molar-refractivity contribution is -0.158. The first kappa shape index (κ1) is 20.2. The normalized spacial score (nSPS) is 20.1. The Hall–Kier alpha value is -3.09. The van der Waals surface area contributed by atoms with Crippen molar-refractivity contribution in [1.82, 2.24) is 4.90 Å². The maximum atomic E-state index is 13.3. The van der Waals surface area contributed by atoms with Crippen molar-refractivity contribution in [1.29, 1.82) is 0 Å². The summed E-state index contributed by atoms with van der Waals surface area (Å²) in [6, 6.07) is 11.2. The van der Waals surface area contributed by atoms with Crippen LogP contribution in [-0.4, -0.2) is 43.3 Å². The Labute approximate surface area is 174 Å². The molecule has 1 saturated heterocycles. The molecule has 0 bridgehead atoms. The fourth-order valence-corrected chi connectivity index (χ4v) is 4.18. The SMILES string of the molecule is CCOC(=O)[C@]1(Cc2ccc(F)cc2)CCCN(C(=O)c2ccc3c(c2)OCO3)C1. The van der Waals surface area contributed by atoms with Gasteiger partial charge in [-0.15, -0.1) is 0 Å². The number of rotatable bonds is 5. The molecule has 7 heteroatoms. The van der Waals surface area contributed by atoms with Gasteiger partial charge in [0.05, 0.1) is 12.0 Å². The number of esters is 1. The van der Waals surface area contributed by atoms with E-state index in [1.165, 1.54) is 12.1 Å². The average Bonchev–Trinajstić information content (AvgIpc) is 3.23. The molecule has 2 aromatic carbocycles. The predicted octanol–water partition coefficient (Wildman–Crippen LogP) is 3.58. The van der Waals surface area contributed by atoms with Crippen molar-refractivity contribution >= 4 is 11.9 Å². The Morgan fingerprint density at radius 1 is 1.13 bits per heavy atom. The topological polar surface area (TPSA) is 65.1 Å². The summed E-state index contributed by atoms with van der Waals surface area (Å²) >= 11 is 0. The van der Waals surface area contributed by atoms with E-state index in [1.54, 1.807) is 42.2 Å². The Morgan fingerprint density at radius 2 is 1.90 bits per heavy atom. The Kier molecular flexibility index (Phi) is 5.61. The van der Waals surface area contributed by atoms with Crippen molar-refractivity contribution in [2.45, 2.75) is 26.2 Å². The molecule has 0 radical (unpaired) electrons. The molecule has 30 heavy (non-hydrogen) atoms. The van der Waals surface area contributed by atoms with Crippen molar-refractivity contribution in [3.8, 4) is 11.5 Å². The van der Waals surface area contributed by atoms with E-state index in [0.717, 1.165) is 5.56 Å². The number of likely N-dealkylation sites (tertiary alicyclic amines) is 1. The highest BCUT2D eigenvalue weighted by atomic mass is 19.1. The van der Waals surface area contributed by atoms with Gasteiger partial charge in [-0.05, 0) is 62.1 Å². The minimum atomic E-state index is -0.863.